The van der Waals surface area contributed by atoms with Gasteiger partial charge in [0, 0.05) is 18.1 Å². The van der Waals surface area contributed by atoms with Crippen LogP contribution in [-0.4, -0.2) is 21.3 Å². The van der Waals surface area contributed by atoms with E-state index in [4.69, 9.17) is 16.3 Å². The molecule has 2 aliphatic rings. The summed E-state index contributed by atoms with van der Waals surface area (Å²) in [5.74, 6) is 0.647. The number of halogens is 1. The summed E-state index contributed by atoms with van der Waals surface area (Å²) in [5, 5.41) is 12.6. The molecule has 7 nitrogen and oxygen atoms in total. The molecule has 2 aromatic rings. The first-order chi connectivity index (χ1) is 13.4. The minimum absolute atomic E-state index is 0.0165. The number of non-ortho nitro benzene ring substituents is 1. The molecule has 144 valence electrons. The Hall–Kier alpha value is -2.58. The van der Waals surface area contributed by atoms with Gasteiger partial charge >= 0.3 is 0 Å². The SMILES string of the molecule is O=C1NC(=O)C([C@@H]2CCCc3cc(Oc4ccc([N+](=O)[O-])cc4Cl)ccc32)S1. The van der Waals surface area contributed by atoms with E-state index < -0.39 is 10.2 Å². The maximum absolute atomic E-state index is 12.1. The number of nitro groups is 1. The molecule has 4 rings (SSSR count). The van der Waals surface area contributed by atoms with Gasteiger partial charge in [0.15, 0.2) is 0 Å². The Bertz CT molecular complexity index is 996. The quantitative estimate of drug-likeness (QED) is 0.565. The van der Waals surface area contributed by atoms with Crippen LogP contribution in [0.3, 0.4) is 0 Å². The number of nitro benzene ring substituents is 1. The summed E-state index contributed by atoms with van der Waals surface area (Å²) in [6, 6.07) is 9.66. The number of hydrogen-bond acceptors (Lipinski definition) is 6. The van der Waals surface area contributed by atoms with Crippen molar-refractivity contribution < 1.29 is 19.2 Å². The van der Waals surface area contributed by atoms with Crippen LogP contribution in [0.15, 0.2) is 36.4 Å². The molecule has 0 spiro atoms. The zero-order chi connectivity index (χ0) is 19.8. The summed E-state index contributed by atoms with van der Waals surface area (Å²) in [7, 11) is 0. The Morgan fingerprint density at radius 2 is 2.04 bits per heavy atom. The second-order valence-corrected chi connectivity index (χ2v) is 8.17. The van der Waals surface area contributed by atoms with E-state index in [1.165, 1.54) is 18.2 Å². The van der Waals surface area contributed by atoms with Crippen LogP contribution in [0.25, 0.3) is 0 Å². The third-order valence-electron chi connectivity index (χ3n) is 4.91. The number of hydrogen-bond donors (Lipinski definition) is 1. The molecular formula is C19H15ClN2O5S. The molecule has 0 saturated carbocycles. The molecule has 28 heavy (non-hydrogen) atoms. The van der Waals surface area contributed by atoms with E-state index in [0.29, 0.717) is 11.5 Å². The standard InChI is InChI=1S/C19H15ClN2O5S/c20-15-9-11(22(25)26)4-7-16(15)27-12-5-6-13-10(8-12)2-1-3-14(13)17-18(23)21-19(24)28-17/h4-9,14,17H,1-3H2,(H,21,23,24)/t14-,17?/m1/s1. The van der Waals surface area contributed by atoms with E-state index in [1.807, 2.05) is 12.1 Å². The summed E-state index contributed by atoms with van der Waals surface area (Å²) >= 11 is 7.15. The number of benzene rings is 2. The Balaban J connectivity index is 1.58. The highest BCUT2D eigenvalue weighted by atomic mass is 35.5. The molecule has 1 unspecified atom stereocenters. The van der Waals surface area contributed by atoms with Crippen molar-refractivity contribution in [2.24, 2.45) is 0 Å². The fourth-order valence-electron chi connectivity index (χ4n) is 3.65. The molecule has 0 radical (unpaired) electrons. The van der Waals surface area contributed by atoms with Gasteiger partial charge in [-0.1, -0.05) is 29.4 Å². The third kappa shape index (κ3) is 3.57. The van der Waals surface area contributed by atoms with Crippen LogP contribution in [0.2, 0.25) is 5.02 Å². The molecule has 9 heteroatoms. The van der Waals surface area contributed by atoms with Crippen LogP contribution in [0, 0.1) is 10.1 Å². The van der Waals surface area contributed by atoms with Gasteiger partial charge < -0.3 is 4.74 Å². The second-order valence-electron chi connectivity index (χ2n) is 6.65. The lowest BCUT2D eigenvalue weighted by atomic mass is 9.80. The number of carbonyl (C=O) groups excluding carboxylic acids is 2. The lowest BCUT2D eigenvalue weighted by Crippen LogP contribution is -2.30. The Morgan fingerprint density at radius 3 is 2.71 bits per heavy atom. The summed E-state index contributed by atoms with van der Waals surface area (Å²) < 4.78 is 5.82. The zero-order valence-electron chi connectivity index (χ0n) is 14.5. The molecule has 1 aliphatic heterocycles. The number of amides is 2. The molecule has 2 amide bonds. The average Bonchev–Trinajstić information content (AvgIpc) is 3.00. The number of carbonyl (C=O) groups is 2. The Labute approximate surface area is 169 Å². The highest BCUT2D eigenvalue weighted by Crippen LogP contribution is 2.42. The van der Waals surface area contributed by atoms with Gasteiger partial charge in [0.05, 0.1) is 9.95 Å². The van der Waals surface area contributed by atoms with Gasteiger partial charge in [-0.25, -0.2) is 0 Å². The molecule has 0 bridgehead atoms. The number of imide groups is 1. The summed E-state index contributed by atoms with van der Waals surface area (Å²) in [5.41, 5.74) is 2.02. The molecule has 1 saturated heterocycles. The molecule has 1 aliphatic carbocycles. The van der Waals surface area contributed by atoms with Gasteiger partial charge in [-0.2, -0.15) is 0 Å². The number of nitrogens with zero attached hydrogens (tertiary/aromatic N) is 1. The molecule has 1 heterocycles. The first-order valence-corrected chi connectivity index (χ1v) is 9.94. The minimum Gasteiger partial charge on any atom is -0.456 e. The molecular weight excluding hydrogens is 404 g/mol. The highest BCUT2D eigenvalue weighted by molar-refractivity contribution is 8.15. The predicted octanol–water partition coefficient (Wildman–Crippen LogP) is 4.81. The van der Waals surface area contributed by atoms with Crippen molar-refractivity contribution >= 4 is 40.2 Å². The Morgan fingerprint density at radius 1 is 1.21 bits per heavy atom. The van der Waals surface area contributed by atoms with Crippen molar-refractivity contribution in [3.05, 3.63) is 62.7 Å². The predicted molar refractivity (Wildman–Crippen MR) is 105 cm³/mol. The number of ether oxygens (including phenoxy) is 1. The van der Waals surface area contributed by atoms with E-state index in [0.717, 1.165) is 42.2 Å². The van der Waals surface area contributed by atoms with Gasteiger partial charge in [-0.15, -0.1) is 0 Å². The third-order valence-corrected chi connectivity index (χ3v) is 6.32. The maximum atomic E-state index is 12.1. The van der Waals surface area contributed by atoms with Gasteiger partial charge in [0.2, 0.25) is 5.91 Å². The number of nitrogens with one attached hydrogen (secondary N) is 1. The summed E-state index contributed by atoms with van der Waals surface area (Å²) in [6.45, 7) is 0. The van der Waals surface area contributed by atoms with Crippen LogP contribution >= 0.6 is 23.4 Å². The first-order valence-electron chi connectivity index (χ1n) is 8.68. The molecule has 1 fully saturated rings. The van der Waals surface area contributed by atoms with Gasteiger partial charge in [-0.3, -0.25) is 25.0 Å². The fraction of sp³-hybridized carbons (Fsp3) is 0.263. The second kappa shape index (κ2) is 7.44. The van der Waals surface area contributed by atoms with Gasteiger partial charge in [-0.05, 0) is 48.6 Å². The van der Waals surface area contributed by atoms with Crippen LogP contribution in [0.1, 0.15) is 29.9 Å². The lowest BCUT2D eigenvalue weighted by Gasteiger charge is -2.28. The maximum Gasteiger partial charge on any atom is 0.286 e. The van der Waals surface area contributed by atoms with Crippen molar-refractivity contribution in [3.8, 4) is 11.5 Å². The first kappa shape index (κ1) is 18.8. The van der Waals surface area contributed by atoms with Crippen LogP contribution < -0.4 is 10.1 Å². The van der Waals surface area contributed by atoms with Crippen molar-refractivity contribution in [1.29, 1.82) is 0 Å². The van der Waals surface area contributed by atoms with E-state index in [1.54, 1.807) is 6.07 Å². The number of aryl methyl sites for hydroxylation is 1. The van der Waals surface area contributed by atoms with E-state index in [9.17, 15) is 19.7 Å². The number of thioether (sulfide) groups is 1. The molecule has 2 aromatic carbocycles. The average molecular weight is 419 g/mol. The summed E-state index contributed by atoms with van der Waals surface area (Å²) in [4.78, 5) is 33.9. The van der Waals surface area contributed by atoms with Crippen molar-refractivity contribution in [3.63, 3.8) is 0 Å². The summed E-state index contributed by atoms with van der Waals surface area (Å²) in [6.07, 6.45) is 2.61. The largest absolute Gasteiger partial charge is 0.456 e. The Kier molecular flexibility index (Phi) is 4.99. The lowest BCUT2D eigenvalue weighted by molar-refractivity contribution is -0.384. The highest BCUT2D eigenvalue weighted by Gasteiger charge is 2.40. The smallest absolute Gasteiger partial charge is 0.286 e. The minimum atomic E-state index is -0.517. The van der Waals surface area contributed by atoms with E-state index >= 15 is 0 Å². The number of fused-ring (bicyclic) bond motifs is 1. The topological polar surface area (TPSA) is 98.5 Å². The molecule has 2 atom stereocenters. The van der Waals surface area contributed by atoms with Crippen molar-refractivity contribution in [2.75, 3.05) is 0 Å². The number of rotatable bonds is 4. The molecule has 1 N–H and O–H groups in total. The van der Waals surface area contributed by atoms with Gasteiger partial charge in [0.1, 0.15) is 16.7 Å². The molecule has 0 aromatic heterocycles. The van der Waals surface area contributed by atoms with Crippen molar-refractivity contribution in [2.45, 2.75) is 30.4 Å². The monoisotopic (exact) mass is 418 g/mol. The van der Waals surface area contributed by atoms with Crippen LogP contribution in [0.5, 0.6) is 11.5 Å². The van der Waals surface area contributed by atoms with Crippen LogP contribution in [0.4, 0.5) is 10.5 Å². The van der Waals surface area contributed by atoms with E-state index in [2.05, 4.69) is 5.32 Å². The van der Waals surface area contributed by atoms with Gasteiger partial charge in [0.25, 0.3) is 10.9 Å². The van der Waals surface area contributed by atoms with Crippen molar-refractivity contribution in [1.82, 2.24) is 5.32 Å². The fourth-order valence-corrected chi connectivity index (χ4v) is 4.87. The van der Waals surface area contributed by atoms with Crippen LogP contribution in [-0.2, 0) is 11.2 Å². The van der Waals surface area contributed by atoms with E-state index in [-0.39, 0.29) is 27.8 Å². The zero-order valence-corrected chi connectivity index (χ0v) is 16.1. The normalized spacial score (nSPS) is 21.2.